The fraction of sp³-hybridized carbons (Fsp3) is 0.143. The standard InChI is InChI=1S/C21H17F2N5O3/c1-12-7-13(2)9-15(8-12)31-20-19-26-28(21(30)27(19)6-5-24-20)11-18(29)25-17-10-14(22)3-4-16(17)23/h3-10H,11H2,1-2H3,(H,25,29). The average Bonchev–Trinajstić information content (AvgIpc) is 3.01. The van der Waals surface area contributed by atoms with Crippen LogP contribution in [0.15, 0.2) is 53.6 Å². The van der Waals surface area contributed by atoms with Gasteiger partial charge in [0.1, 0.15) is 23.9 Å². The summed E-state index contributed by atoms with van der Waals surface area (Å²) >= 11 is 0. The third-order valence-electron chi connectivity index (χ3n) is 4.37. The van der Waals surface area contributed by atoms with Gasteiger partial charge in [0.2, 0.25) is 11.6 Å². The maximum Gasteiger partial charge on any atom is 0.351 e. The zero-order valence-electron chi connectivity index (χ0n) is 16.6. The normalized spacial score (nSPS) is 11.0. The van der Waals surface area contributed by atoms with Crippen LogP contribution in [0.4, 0.5) is 14.5 Å². The molecule has 1 amide bonds. The van der Waals surface area contributed by atoms with Crippen LogP contribution in [0.2, 0.25) is 0 Å². The van der Waals surface area contributed by atoms with Crippen molar-refractivity contribution in [1.82, 2.24) is 19.2 Å². The van der Waals surface area contributed by atoms with Gasteiger partial charge in [0.25, 0.3) is 5.88 Å². The highest BCUT2D eigenvalue weighted by Gasteiger charge is 2.17. The number of carbonyl (C=O) groups excluding carboxylic acids is 1. The average molecular weight is 425 g/mol. The summed E-state index contributed by atoms with van der Waals surface area (Å²) in [6.45, 7) is 3.33. The second kappa shape index (κ2) is 7.98. The summed E-state index contributed by atoms with van der Waals surface area (Å²) in [6, 6.07) is 8.29. The number of nitrogens with one attached hydrogen (secondary N) is 1. The molecule has 2 heterocycles. The Balaban J connectivity index is 1.61. The highest BCUT2D eigenvalue weighted by molar-refractivity contribution is 5.90. The van der Waals surface area contributed by atoms with Gasteiger partial charge < -0.3 is 10.1 Å². The van der Waals surface area contributed by atoms with Gasteiger partial charge in [-0.1, -0.05) is 6.07 Å². The van der Waals surface area contributed by atoms with E-state index in [-0.39, 0.29) is 17.2 Å². The Morgan fingerprint density at radius 2 is 1.87 bits per heavy atom. The molecule has 0 atom stereocenters. The molecule has 0 saturated heterocycles. The van der Waals surface area contributed by atoms with E-state index < -0.39 is 29.8 Å². The minimum absolute atomic E-state index is 0.0833. The van der Waals surface area contributed by atoms with Gasteiger partial charge in [0.05, 0.1) is 5.69 Å². The quantitative estimate of drug-likeness (QED) is 0.530. The van der Waals surface area contributed by atoms with Crippen molar-refractivity contribution in [1.29, 1.82) is 0 Å². The lowest BCUT2D eigenvalue weighted by atomic mass is 10.1. The Kier molecular flexibility index (Phi) is 5.20. The van der Waals surface area contributed by atoms with Crippen molar-refractivity contribution in [2.75, 3.05) is 5.32 Å². The predicted molar refractivity (Wildman–Crippen MR) is 108 cm³/mol. The van der Waals surface area contributed by atoms with Crippen LogP contribution in [-0.2, 0) is 11.3 Å². The molecule has 158 valence electrons. The Hall–Kier alpha value is -4.08. The third-order valence-corrected chi connectivity index (χ3v) is 4.37. The molecule has 0 unspecified atom stereocenters. The summed E-state index contributed by atoms with van der Waals surface area (Å²) in [5, 5.41) is 6.35. The molecule has 2 aromatic heterocycles. The number of nitrogens with zero attached hydrogens (tertiary/aromatic N) is 4. The van der Waals surface area contributed by atoms with Gasteiger partial charge in [0.15, 0.2) is 0 Å². The van der Waals surface area contributed by atoms with E-state index >= 15 is 0 Å². The van der Waals surface area contributed by atoms with Gasteiger partial charge in [-0.15, -0.1) is 5.10 Å². The molecule has 4 rings (SSSR count). The number of benzene rings is 2. The van der Waals surface area contributed by atoms with Gasteiger partial charge in [-0.2, -0.15) is 0 Å². The van der Waals surface area contributed by atoms with Crippen LogP contribution in [-0.4, -0.2) is 25.1 Å². The summed E-state index contributed by atoms with van der Waals surface area (Å²) < 4.78 is 34.9. The monoisotopic (exact) mass is 425 g/mol. The molecule has 0 fully saturated rings. The minimum atomic E-state index is -0.801. The molecule has 1 N–H and O–H groups in total. The molecule has 4 aromatic rings. The molecule has 0 radical (unpaired) electrons. The molecule has 0 spiro atoms. The first-order valence-electron chi connectivity index (χ1n) is 9.25. The second-order valence-electron chi connectivity index (χ2n) is 6.96. The smallest absolute Gasteiger partial charge is 0.351 e. The van der Waals surface area contributed by atoms with E-state index in [0.717, 1.165) is 34.0 Å². The number of anilines is 1. The van der Waals surface area contributed by atoms with Crippen molar-refractivity contribution in [2.45, 2.75) is 20.4 Å². The summed E-state index contributed by atoms with van der Waals surface area (Å²) in [7, 11) is 0. The van der Waals surface area contributed by atoms with Crippen molar-refractivity contribution in [3.05, 3.63) is 82.0 Å². The van der Waals surface area contributed by atoms with Crippen molar-refractivity contribution in [3.63, 3.8) is 0 Å². The number of amides is 1. The fourth-order valence-electron chi connectivity index (χ4n) is 3.12. The van der Waals surface area contributed by atoms with E-state index in [0.29, 0.717) is 5.75 Å². The van der Waals surface area contributed by atoms with Crippen LogP contribution in [0.5, 0.6) is 11.6 Å². The highest BCUT2D eigenvalue weighted by Crippen LogP contribution is 2.24. The van der Waals surface area contributed by atoms with Crippen molar-refractivity contribution in [3.8, 4) is 11.6 Å². The van der Waals surface area contributed by atoms with Crippen LogP contribution < -0.4 is 15.7 Å². The number of ether oxygens (including phenoxy) is 1. The summed E-state index contributed by atoms with van der Waals surface area (Å²) in [4.78, 5) is 29.0. The third kappa shape index (κ3) is 4.27. The Bertz CT molecular complexity index is 1340. The van der Waals surface area contributed by atoms with E-state index in [1.165, 1.54) is 16.8 Å². The zero-order chi connectivity index (χ0) is 22.1. The number of carbonyl (C=O) groups is 1. The predicted octanol–water partition coefficient (Wildman–Crippen LogP) is 3.22. The lowest BCUT2D eigenvalue weighted by Gasteiger charge is -2.07. The molecule has 31 heavy (non-hydrogen) atoms. The molecular weight excluding hydrogens is 408 g/mol. The van der Waals surface area contributed by atoms with E-state index in [2.05, 4.69) is 15.4 Å². The second-order valence-corrected chi connectivity index (χ2v) is 6.96. The van der Waals surface area contributed by atoms with E-state index in [1.807, 2.05) is 32.0 Å². The molecule has 10 heteroatoms. The van der Waals surface area contributed by atoms with Crippen LogP contribution >= 0.6 is 0 Å². The van der Waals surface area contributed by atoms with Crippen LogP contribution in [0, 0.1) is 25.5 Å². The van der Waals surface area contributed by atoms with Crippen molar-refractivity contribution in [2.24, 2.45) is 0 Å². The Morgan fingerprint density at radius 3 is 2.61 bits per heavy atom. The topological polar surface area (TPSA) is 90.5 Å². The molecule has 8 nitrogen and oxygen atoms in total. The first-order valence-corrected chi connectivity index (χ1v) is 9.25. The van der Waals surface area contributed by atoms with Crippen molar-refractivity contribution < 1.29 is 18.3 Å². The lowest BCUT2D eigenvalue weighted by molar-refractivity contribution is -0.117. The number of hydrogen-bond acceptors (Lipinski definition) is 5. The lowest BCUT2D eigenvalue weighted by Crippen LogP contribution is -2.28. The highest BCUT2D eigenvalue weighted by atomic mass is 19.1. The van der Waals surface area contributed by atoms with Crippen molar-refractivity contribution >= 4 is 17.2 Å². The van der Waals surface area contributed by atoms with E-state index in [4.69, 9.17) is 4.74 Å². The van der Waals surface area contributed by atoms with E-state index in [1.54, 1.807) is 0 Å². The van der Waals surface area contributed by atoms with Crippen LogP contribution in [0.25, 0.3) is 5.65 Å². The minimum Gasteiger partial charge on any atom is -0.436 e. The molecular formula is C21H17F2N5O3. The zero-order valence-corrected chi connectivity index (χ0v) is 16.6. The summed E-state index contributed by atoms with van der Waals surface area (Å²) in [5.74, 6) is -1.65. The van der Waals surface area contributed by atoms with Gasteiger partial charge in [-0.3, -0.25) is 4.79 Å². The molecule has 0 aliphatic rings. The summed E-state index contributed by atoms with van der Waals surface area (Å²) in [6.07, 6.45) is 2.76. The fourth-order valence-corrected chi connectivity index (χ4v) is 3.12. The molecule has 0 bridgehead atoms. The summed E-state index contributed by atoms with van der Waals surface area (Å²) in [5.41, 5.74) is 1.15. The number of aryl methyl sites for hydroxylation is 2. The maximum absolute atomic E-state index is 13.7. The Labute approximate surface area is 174 Å². The van der Waals surface area contributed by atoms with Crippen LogP contribution in [0.3, 0.4) is 0 Å². The first-order chi connectivity index (χ1) is 14.8. The number of halogens is 2. The number of hydrogen-bond donors (Lipinski definition) is 1. The van der Waals surface area contributed by atoms with Gasteiger partial charge in [0, 0.05) is 18.5 Å². The number of aromatic nitrogens is 4. The molecule has 0 aliphatic carbocycles. The molecule has 0 aliphatic heterocycles. The number of rotatable bonds is 5. The van der Waals surface area contributed by atoms with Gasteiger partial charge in [-0.05, 0) is 49.2 Å². The van der Waals surface area contributed by atoms with E-state index in [9.17, 15) is 18.4 Å². The Morgan fingerprint density at radius 1 is 1.13 bits per heavy atom. The van der Waals surface area contributed by atoms with Crippen LogP contribution in [0.1, 0.15) is 11.1 Å². The number of fused-ring (bicyclic) bond motifs is 1. The largest absolute Gasteiger partial charge is 0.436 e. The van der Waals surface area contributed by atoms with Gasteiger partial charge in [-0.25, -0.2) is 27.6 Å². The SMILES string of the molecule is Cc1cc(C)cc(Oc2nccn3c(=O)n(CC(=O)Nc4cc(F)ccc4F)nc23)c1. The maximum atomic E-state index is 13.7. The molecule has 0 saturated carbocycles. The molecule has 2 aromatic carbocycles. The first kappa shape index (κ1) is 20.2. The van der Waals surface area contributed by atoms with Gasteiger partial charge >= 0.3 is 5.69 Å².